The zero-order valence-corrected chi connectivity index (χ0v) is 12.8. The second kappa shape index (κ2) is 4.36. The fourth-order valence-corrected chi connectivity index (χ4v) is 2.75. The Hall–Kier alpha value is -0.850. The molecule has 1 aliphatic rings. The van der Waals surface area contributed by atoms with Crippen LogP contribution in [0.1, 0.15) is 64.8 Å². The van der Waals surface area contributed by atoms with Gasteiger partial charge in [0.15, 0.2) is 0 Å². The van der Waals surface area contributed by atoms with Gasteiger partial charge in [0.1, 0.15) is 0 Å². The van der Waals surface area contributed by atoms with Crippen LogP contribution >= 0.6 is 0 Å². The highest BCUT2D eigenvalue weighted by Gasteiger charge is 2.29. The molecule has 0 saturated carbocycles. The van der Waals surface area contributed by atoms with E-state index in [4.69, 9.17) is 4.98 Å². The maximum absolute atomic E-state index is 4.75. The van der Waals surface area contributed by atoms with E-state index in [2.05, 4.69) is 53.8 Å². The normalized spacial score (nSPS) is 20.7. The topological polar surface area (TPSA) is 12.9 Å². The van der Waals surface area contributed by atoms with E-state index in [0.717, 1.165) is 12.3 Å². The van der Waals surface area contributed by atoms with Crippen LogP contribution in [0.4, 0.5) is 0 Å². The predicted molar refractivity (Wildman–Crippen MR) is 77.9 cm³/mol. The molecule has 18 heavy (non-hydrogen) atoms. The first-order chi connectivity index (χ1) is 8.18. The molecule has 0 spiro atoms. The quantitative estimate of drug-likeness (QED) is 0.654. The van der Waals surface area contributed by atoms with E-state index < -0.39 is 0 Å². The van der Waals surface area contributed by atoms with Crippen molar-refractivity contribution in [3.63, 3.8) is 0 Å². The number of aryl methyl sites for hydroxylation is 1. The third-order valence-electron chi connectivity index (χ3n) is 4.35. The van der Waals surface area contributed by atoms with Gasteiger partial charge in [0.05, 0.1) is 0 Å². The summed E-state index contributed by atoms with van der Waals surface area (Å²) in [5.41, 5.74) is 4.82. The molecular formula is C17H27N. The monoisotopic (exact) mass is 245 g/mol. The van der Waals surface area contributed by atoms with Gasteiger partial charge in [0.2, 0.25) is 0 Å². The van der Waals surface area contributed by atoms with Gasteiger partial charge >= 0.3 is 0 Å². The summed E-state index contributed by atoms with van der Waals surface area (Å²) in [6, 6.07) is 2.39. The smallest absolute Gasteiger partial charge is 0.0438 e. The minimum atomic E-state index is 0.211. The van der Waals surface area contributed by atoms with Crippen LogP contribution in [-0.2, 0) is 18.3 Å². The first-order valence-corrected chi connectivity index (χ1v) is 7.16. The average Bonchev–Trinajstić information content (AvgIpc) is 2.25. The van der Waals surface area contributed by atoms with Gasteiger partial charge in [-0.15, -0.1) is 0 Å². The minimum Gasteiger partial charge on any atom is -0.261 e. The number of pyridine rings is 1. The summed E-state index contributed by atoms with van der Waals surface area (Å²) in [7, 11) is 0. The molecule has 0 fully saturated rings. The summed E-state index contributed by atoms with van der Waals surface area (Å²) in [6.07, 6.45) is 5.76. The molecule has 1 aliphatic carbocycles. The molecule has 100 valence electrons. The van der Waals surface area contributed by atoms with E-state index in [9.17, 15) is 0 Å². The lowest BCUT2D eigenvalue weighted by Gasteiger charge is -2.35. The fourth-order valence-electron chi connectivity index (χ4n) is 2.75. The van der Waals surface area contributed by atoms with E-state index in [1.165, 1.54) is 29.7 Å². The average molecular weight is 245 g/mol. The molecule has 1 heteroatoms. The van der Waals surface area contributed by atoms with Gasteiger partial charge in [0, 0.05) is 11.9 Å². The molecule has 0 bridgehead atoms. The molecule has 1 unspecified atom stereocenters. The second-order valence-electron chi connectivity index (χ2n) is 7.89. The Morgan fingerprint density at radius 1 is 1.11 bits per heavy atom. The largest absolute Gasteiger partial charge is 0.261 e. The van der Waals surface area contributed by atoms with Gasteiger partial charge < -0.3 is 0 Å². The van der Waals surface area contributed by atoms with Crippen LogP contribution in [0.15, 0.2) is 12.3 Å². The van der Waals surface area contributed by atoms with Crippen molar-refractivity contribution in [2.75, 3.05) is 0 Å². The Kier molecular flexibility index (Phi) is 3.29. The zero-order chi connectivity index (χ0) is 13.6. The highest BCUT2D eigenvalue weighted by molar-refractivity contribution is 5.31. The van der Waals surface area contributed by atoms with Crippen LogP contribution in [-0.4, -0.2) is 4.98 Å². The van der Waals surface area contributed by atoms with Gasteiger partial charge in [-0.2, -0.15) is 0 Å². The predicted octanol–water partition coefficient (Wildman–Crippen LogP) is 4.53. The van der Waals surface area contributed by atoms with E-state index in [1.54, 1.807) is 0 Å². The summed E-state index contributed by atoms with van der Waals surface area (Å²) >= 11 is 0. The van der Waals surface area contributed by atoms with Crippen LogP contribution in [0.25, 0.3) is 0 Å². The Morgan fingerprint density at radius 2 is 1.78 bits per heavy atom. The van der Waals surface area contributed by atoms with Crippen LogP contribution < -0.4 is 0 Å². The first kappa shape index (κ1) is 13.6. The maximum atomic E-state index is 4.75. The number of nitrogens with zero attached hydrogens (tertiary/aromatic N) is 1. The van der Waals surface area contributed by atoms with Gasteiger partial charge in [-0.25, -0.2) is 0 Å². The van der Waals surface area contributed by atoms with Crippen molar-refractivity contribution < 1.29 is 0 Å². The first-order valence-electron chi connectivity index (χ1n) is 7.16. The summed E-state index contributed by atoms with van der Waals surface area (Å²) in [4.78, 5) is 4.75. The fraction of sp³-hybridized carbons (Fsp3) is 0.706. The third-order valence-corrected chi connectivity index (χ3v) is 4.35. The lowest BCUT2D eigenvalue weighted by atomic mass is 9.71. The molecule has 1 aromatic rings. The molecule has 0 aromatic carbocycles. The lowest BCUT2D eigenvalue weighted by molar-refractivity contribution is 0.214. The summed E-state index contributed by atoms with van der Waals surface area (Å²) in [5, 5.41) is 0. The number of fused-ring (bicyclic) bond motifs is 1. The van der Waals surface area contributed by atoms with E-state index in [-0.39, 0.29) is 5.41 Å². The van der Waals surface area contributed by atoms with Crippen molar-refractivity contribution in [2.24, 2.45) is 11.3 Å². The maximum Gasteiger partial charge on any atom is 0.0438 e. The minimum absolute atomic E-state index is 0.211. The second-order valence-corrected chi connectivity index (χ2v) is 7.89. The Labute approximate surface area is 112 Å². The van der Waals surface area contributed by atoms with Crippen molar-refractivity contribution in [3.05, 3.63) is 29.1 Å². The summed E-state index contributed by atoms with van der Waals surface area (Å²) in [5.74, 6) is 0.776. The molecule has 1 nitrogen and oxygen atoms in total. The van der Waals surface area contributed by atoms with E-state index >= 15 is 0 Å². The van der Waals surface area contributed by atoms with Crippen molar-refractivity contribution in [1.29, 1.82) is 0 Å². The lowest BCUT2D eigenvalue weighted by Crippen LogP contribution is -2.28. The standard InChI is InChI=1S/C17H27N/c1-16(2,3)13-8-7-12-9-14(17(4,5)6)11-18-15(12)10-13/h9,11,13H,7-8,10H2,1-6H3. The zero-order valence-electron chi connectivity index (χ0n) is 12.8. The van der Waals surface area contributed by atoms with Crippen molar-refractivity contribution in [3.8, 4) is 0 Å². The molecule has 1 heterocycles. The third kappa shape index (κ3) is 2.76. The van der Waals surface area contributed by atoms with Gasteiger partial charge in [-0.1, -0.05) is 47.6 Å². The van der Waals surface area contributed by atoms with Crippen molar-refractivity contribution in [1.82, 2.24) is 4.98 Å². The van der Waals surface area contributed by atoms with E-state index in [0.29, 0.717) is 5.41 Å². The van der Waals surface area contributed by atoms with E-state index in [1.807, 2.05) is 0 Å². The molecule has 0 N–H and O–H groups in total. The summed E-state index contributed by atoms with van der Waals surface area (Å²) in [6.45, 7) is 13.8. The van der Waals surface area contributed by atoms with Gasteiger partial charge in [-0.05, 0) is 47.1 Å². The molecule has 2 rings (SSSR count). The molecule has 0 radical (unpaired) electrons. The van der Waals surface area contributed by atoms with Crippen LogP contribution in [0.3, 0.4) is 0 Å². The van der Waals surface area contributed by atoms with Gasteiger partial charge in [-0.3, -0.25) is 4.98 Å². The molecule has 0 amide bonds. The number of rotatable bonds is 0. The highest BCUT2D eigenvalue weighted by Crippen LogP contribution is 2.37. The summed E-state index contributed by atoms with van der Waals surface area (Å²) < 4.78 is 0. The number of hydrogen-bond donors (Lipinski definition) is 0. The highest BCUT2D eigenvalue weighted by atomic mass is 14.7. The molecule has 0 saturated heterocycles. The molecule has 0 aliphatic heterocycles. The van der Waals surface area contributed by atoms with Crippen molar-refractivity contribution >= 4 is 0 Å². The number of hydrogen-bond acceptors (Lipinski definition) is 1. The van der Waals surface area contributed by atoms with Crippen LogP contribution in [0.2, 0.25) is 0 Å². The van der Waals surface area contributed by atoms with Crippen LogP contribution in [0.5, 0.6) is 0 Å². The number of aromatic nitrogens is 1. The Bertz CT molecular complexity index is 432. The molecule has 1 atom stereocenters. The Morgan fingerprint density at radius 3 is 2.33 bits per heavy atom. The van der Waals surface area contributed by atoms with Crippen LogP contribution in [0, 0.1) is 11.3 Å². The SMILES string of the molecule is CC(C)(C)c1cnc2c(c1)CCC(C(C)(C)C)C2. The molecule has 1 aromatic heterocycles. The Balaban J connectivity index is 2.27. The molecular weight excluding hydrogens is 218 g/mol. The van der Waals surface area contributed by atoms with Crippen molar-refractivity contribution in [2.45, 2.75) is 66.2 Å². The van der Waals surface area contributed by atoms with Gasteiger partial charge in [0.25, 0.3) is 0 Å².